The lowest BCUT2D eigenvalue weighted by Gasteiger charge is -2.26. The topological polar surface area (TPSA) is 89.9 Å². The van der Waals surface area contributed by atoms with Gasteiger partial charge in [0.1, 0.15) is 36.8 Å². The molecule has 0 spiro atoms. The van der Waals surface area contributed by atoms with E-state index in [4.69, 9.17) is 9.47 Å². The Morgan fingerprint density at radius 3 is 2.61 bits per heavy atom. The predicted octanol–water partition coefficient (Wildman–Crippen LogP) is 5.53. The first kappa shape index (κ1) is 22.1. The normalized spacial score (nSPS) is 13.8. The second-order valence-electron chi connectivity index (χ2n) is 9.09. The van der Waals surface area contributed by atoms with Crippen LogP contribution in [0.4, 0.5) is 10.2 Å². The number of fused-ring (bicyclic) bond motifs is 2. The highest BCUT2D eigenvalue weighted by molar-refractivity contribution is 5.91. The average molecular weight is 485 g/mol. The van der Waals surface area contributed by atoms with Gasteiger partial charge in [-0.2, -0.15) is 5.10 Å². The van der Waals surface area contributed by atoms with Crippen molar-refractivity contribution in [2.45, 2.75) is 19.9 Å². The highest BCUT2D eigenvalue weighted by Crippen LogP contribution is 2.36. The smallest absolute Gasteiger partial charge is 0.161 e. The monoisotopic (exact) mass is 484 g/mol. The lowest BCUT2D eigenvalue weighted by atomic mass is 9.95. The van der Waals surface area contributed by atoms with Gasteiger partial charge in [0, 0.05) is 11.8 Å². The van der Waals surface area contributed by atoms with Crippen LogP contribution >= 0.6 is 0 Å². The number of H-pyrrole nitrogens is 1. The number of anilines is 1. The summed E-state index contributed by atoms with van der Waals surface area (Å²) in [5.41, 5.74) is 4.34. The number of aromatic amines is 1. The van der Waals surface area contributed by atoms with E-state index in [9.17, 15) is 4.39 Å². The van der Waals surface area contributed by atoms with Gasteiger partial charge in [-0.1, -0.05) is 19.9 Å². The molecule has 0 amide bonds. The van der Waals surface area contributed by atoms with Crippen LogP contribution in [0.15, 0.2) is 67.3 Å². The van der Waals surface area contributed by atoms with Gasteiger partial charge in [0.25, 0.3) is 0 Å². The quantitative estimate of drug-likeness (QED) is 0.329. The summed E-state index contributed by atoms with van der Waals surface area (Å²) in [6, 6.07) is 14.3. The molecule has 0 radical (unpaired) electrons. The molecule has 2 N–H and O–H groups in total. The van der Waals surface area contributed by atoms with E-state index in [1.165, 1.54) is 12.1 Å². The van der Waals surface area contributed by atoms with Crippen molar-refractivity contribution in [3.8, 4) is 28.4 Å². The molecule has 1 atom stereocenters. The fourth-order valence-corrected chi connectivity index (χ4v) is 4.44. The van der Waals surface area contributed by atoms with E-state index in [1.54, 1.807) is 29.3 Å². The van der Waals surface area contributed by atoms with Crippen molar-refractivity contribution in [1.82, 2.24) is 24.7 Å². The van der Waals surface area contributed by atoms with Crippen LogP contribution in [0.2, 0.25) is 0 Å². The number of hydrogen-bond donors (Lipinski definition) is 2. The number of hydrogen-bond acceptors (Lipinski definition) is 6. The summed E-state index contributed by atoms with van der Waals surface area (Å²) < 4.78 is 26.5. The maximum atomic E-state index is 13.3. The molecule has 5 aromatic rings. The highest BCUT2D eigenvalue weighted by atomic mass is 19.1. The maximum Gasteiger partial charge on any atom is 0.161 e. The van der Waals surface area contributed by atoms with Crippen LogP contribution in [-0.4, -0.2) is 37.9 Å². The minimum Gasteiger partial charge on any atom is -0.486 e. The number of rotatable bonds is 6. The first-order valence-corrected chi connectivity index (χ1v) is 11.9. The van der Waals surface area contributed by atoms with Gasteiger partial charge in [-0.25, -0.2) is 19.0 Å². The van der Waals surface area contributed by atoms with Crippen LogP contribution in [0, 0.1) is 11.7 Å². The van der Waals surface area contributed by atoms with Gasteiger partial charge >= 0.3 is 0 Å². The Kier molecular flexibility index (Phi) is 5.52. The van der Waals surface area contributed by atoms with Gasteiger partial charge in [-0.05, 0) is 53.9 Å². The van der Waals surface area contributed by atoms with Crippen LogP contribution in [0.25, 0.3) is 28.0 Å². The summed E-state index contributed by atoms with van der Waals surface area (Å²) in [5, 5.41) is 8.93. The first-order chi connectivity index (χ1) is 17.5. The summed E-state index contributed by atoms with van der Waals surface area (Å²) in [7, 11) is 0. The third kappa shape index (κ3) is 4.13. The third-order valence-corrected chi connectivity index (χ3v) is 6.29. The Labute approximate surface area is 207 Å². The number of benzene rings is 2. The zero-order valence-corrected chi connectivity index (χ0v) is 19.9. The Morgan fingerprint density at radius 2 is 1.81 bits per heavy atom. The Hall–Kier alpha value is -4.40. The number of nitrogens with zero attached hydrogens (tertiary/aromatic N) is 4. The molecule has 2 aromatic carbocycles. The largest absolute Gasteiger partial charge is 0.486 e. The van der Waals surface area contributed by atoms with Crippen LogP contribution < -0.4 is 14.8 Å². The van der Waals surface area contributed by atoms with E-state index in [0.29, 0.717) is 13.2 Å². The van der Waals surface area contributed by atoms with Crippen molar-refractivity contribution in [2.24, 2.45) is 5.92 Å². The number of aromatic nitrogens is 5. The Balaban J connectivity index is 1.31. The molecule has 8 nitrogen and oxygen atoms in total. The molecule has 0 unspecified atom stereocenters. The number of nitrogens with one attached hydrogen (secondary N) is 2. The highest BCUT2D eigenvalue weighted by Gasteiger charge is 2.22. The standard InChI is InChI=1S/C27H25FN6O2/c1-16(2)25(17-3-8-23-24(11-17)36-10-9-35-23)33-27-21-12-22(32-26(21)29-15-30-27)18-13-31-34(14-18)20-6-4-19(28)5-7-20/h3-8,11-16,25H,9-10H2,1-2H3,(H2,29,30,32,33)/t25-/m1/s1. The van der Waals surface area contributed by atoms with Crippen molar-refractivity contribution >= 4 is 16.9 Å². The van der Waals surface area contributed by atoms with Crippen molar-refractivity contribution < 1.29 is 13.9 Å². The van der Waals surface area contributed by atoms with Gasteiger partial charge in [0.2, 0.25) is 0 Å². The fraction of sp³-hybridized carbons (Fsp3) is 0.222. The third-order valence-electron chi connectivity index (χ3n) is 6.29. The molecular weight excluding hydrogens is 459 g/mol. The Bertz CT molecular complexity index is 1530. The SMILES string of the molecule is CC(C)[C@@H](Nc1ncnc2[nH]c(-c3cnn(-c4ccc(F)cc4)c3)cc12)c1ccc2c(c1)OCCO2. The van der Waals surface area contributed by atoms with Crippen LogP contribution in [0.3, 0.4) is 0 Å². The molecule has 0 saturated carbocycles. The maximum absolute atomic E-state index is 13.3. The van der Waals surface area contributed by atoms with Gasteiger partial charge in [-0.3, -0.25) is 0 Å². The second-order valence-corrected chi connectivity index (χ2v) is 9.09. The van der Waals surface area contributed by atoms with E-state index in [-0.39, 0.29) is 17.8 Å². The zero-order valence-electron chi connectivity index (χ0n) is 19.9. The summed E-state index contributed by atoms with van der Waals surface area (Å²) in [6.07, 6.45) is 5.21. The average Bonchev–Trinajstić information content (AvgIpc) is 3.55. The lowest BCUT2D eigenvalue weighted by molar-refractivity contribution is 0.171. The molecule has 4 heterocycles. The molecule has 0 saturated heterocycles. The predicted molar refractivity (Wildman–Crippen MR) is 135 cm³/mol. The lowest BCUT2D eigenvalue weighted by Crippen LogP contribution is -2.19. The second kappa shape index (κ2) is 8.99. The van der Waals surface area contributed by atoms with Crippen molar-refractivity contribution in [1.29, 1.82) is 0 Å². The van der Waals surface area contributed by atoms with Gasteiger partial charge in [0.05, 0.1) is 29.0 Å². The molecule has 36 heavy (non-hydrogen) atoms. The molecule has 9 heteroatoms. The van der Waals surface area contributed by atoms with E-state index in [1.807, 2.05) is 24.4 Å². The molecule has 6 rings (SSSR count). The van der Waals surface area contributed by atoms with Crippen LogP contribution in [-0.2, 0) is 0 Å². The minimum absolute atomic E-state index is 0.00139. The fourth-order valence-electron chi connectivity index (χ4n) is 4.44. The molecular formula is C27H25FN6O2. The molecule has 0 aliphatic carbocycles. The van der Waals surface area contributed by atoms with E-state index >= 15 is 0 Å². The molecule has 3 aromatic heterocycles. The van der Waals surface area contributed by atoms with Crippen LogP contribution in [0.5, 0.6) is 11.5 Å². The molecule has 1 aliphatic rings. The molecule has 0 fully saturated rings. The molecule has 182 valence electrons. The number of ether oxygens (including phenoxy) is 2. The van der Waals surface area contributed by atoms with Gasteiger partial charge in [-0.15, -0.1) is 0 Å². The molecule has 0 bridgehead atoms. The Morgan fingerprint density at radius 1 is 1.00 bits per heavy atom. The van der Waals surface area contributed by atoms with Gasteiger partial charge < -0.3 is 19.8 Å². The summed E-state index contributed by atoms with van der Waals surface area (Å²) in [4.78, 5) is 12.4. The zero-order chi connectivity index (χ0) is 24.6. The minimum atomic E-state index is -0.281. The summed E-state index contributed by atoms with van der Waals surface area (Å²) in [6.45, 7) is 5.45. The van der Waals surface area contributed by atoms with Crippen molar-refractivity contribution in [2.75, 3.05) is 18.5 Å². The molecule has 1 aliphatic heterocycles. The van der Waals surface area contributed by atoms with Crippen molar-refractivity contribution in [3.63, 3.8) is 0 Å². The first-order valence-electron chi connectivity index (χ1n) is 11.9. The summed E-state index contributed by atoms with van der Waals surface area (Å²) >= 11 is 0. The van der Waals surface area contributed by atoms with E-state index in [0.717, 1.165) is 50.9 Å². The summed E-state index contributed by atoms with van der Waals surface area (Å²) in [5.74, 6) is 2.28. The van der Waals surface area contributed by atoms with E-state index in [2.05, 4.69) is 45.3 Å². The van der Waals surface area contributed by atoms with Crippen molar-refractivity contribution in [3.05, 3.63) is 78.6 Å². The number of halogens is 1. The van der Waals surface area contributed by atoms with Gasteiger partial charge in [0.15, 0.2) is 11.5 Å². The van der Waals surface area contributed by atoms with Crippen LogP contribution in [0.1, 0.15) is 25.5 Å². The van der Waals surface area contributed by atoms with E-state index < -0.39 is 0 Å².